The van der Waals surface area contributed by atoms with E-state index in [1.165, 1.54) is 17.7 Å². The molecule has 3 rings (SSSR count). The molecule has 1 N–H and O–H groups in total. The maximum atomic E-state index is 5.01. The molecule has 0 saturated heterocycles. The van der Waals surface area contributed by atoms with Crippen molar-refractivity contribution < 1.29 is 4.74 Å². The fourth-order valence-corrected chi connectivity index (χ4v) is 3.29. The van der Waals surface area contributed by atoms with E-state index < -0.39 is 0 Å². The molecule has 1 aliphatic carbocycles. The number of ether oxygens (including phenoxy) is 1. The van der Waals surface area contributed by atoms with Crippen molar-refractivity contribution in [2.75, 3.05) is 25.6 Å². The smallest absolute Gasteiger partial charge is 0.206 e. The van der Waals surface area contributed by atoms with Crippen LogP contribution in [0.4, 0.5) is 5.13 Å². The molecule has 5 nitrogen and oxygen atoms in total. The number of methoxy groups -OCH3 is 1. The van der Waals surface area contributed by atoms with Crippen LogP contribution in [0.3, 0.4) is 0 Å². The van der Waals surface area contributed by atoms with E-state index in [2.05, 4.69) is 21.6 Å². The van der Waals surface area contributed by atoms with Gasteiger partial charge in [-0.2, -0.15) is 0 Å². The van der Waals surface area contributed by atoms with Crippen LogP contribution in [0.15, 0.2) is 6.07 Å². The fourth-order valence-electron chi connectivity index (χ4n) is 2.46. The minimum Gasteiger partial charge on any atom is -0.383 e. The SMILES string of the molecule is COCCNc1nnc(-c2cc3c(nc2C)CCC3)s1. The summed E-state index contributed by atoms with van der Waals surface area (Å²) in [6.45, 7) is 3.45. The summed E-state index contributed by atoms with van der Waals surface area (Å²) in [6.07, 6.45) is 3.45. The number of nitrogens with one attached hydrogen (secondary N) is 1. The van der Waals surface area contributed by atoms with Crippen molar-refractivity contribution >= 4 is 16.5 Å². The molecule has 1 aliphatic rings. The van der Waals surface area contributed by atoms with Crippen LogP contribution in [0.5, 0.6) is 0 Å². The molecule has 0 saturated carbocycles. The van der Waals surface area contributed by atoms with E-state index in [0.29, 0.717) is 6.61 Å². The summed E-state index contributed by atoms with van der Waals surface area (Å²) in [7, 11) is 1.69. The van der Waals surface area contributed by atoms with E-state index in [-0.39, 0.29) is 0 Å². The van der Waals surface area contributed by atoms with Crippen LogP contribution in [-0.2, 0) is 17.6 Å². The van der Waals surface area contributed by atoms with Gasteiger partial charge in [0.25, 0.3) is 0 Å². The Kier molecular flexibility index (Phi) is 3.93. The maximum Gasteiger partial charge on any atom is 0.206 e. The normalized spacial score (nSPS) is 13.5. The van der Waals surface area contributed by atoms with Gasteiger partial charge in [-0.25, -0.2) is 0 Å². The van der Waals surface area contributed by atoms with Gasteiger partial charge in [0, 0.05) is 30.6 Å². The molecule has 20 heavy (non-hydrogen) atoms. The van der Waals surface area contributed by atoms with Crippen LogP contribution in [0, 0.1) is 6.92 Å². The van der Waals surface area contributed by atoms with Crippen LogP contribution < -0.4 is 5.32 Å². The van der Waals surface area contributed by atoms with E-state index in [1.54, 1.807) is 18.4 Å². The van der Waals surface area contributed by atoms with Gasteiger partial charge in [0.2, 0.25) is 5.13 Å². The molecule has 6 heteroatoms. The van der Waals surface area contributed by atoms with Gasteiger partial charge in [0.15, 0.2) is 5.01 Å². The highest BCUT2D eigenvalue weighted by Crippen LogP contribution is 2.32. The van der Waals surface area contributed by atoms with Gasteiger partial charge in [-0.1, -0.05) is 11.3 Å². The Hall–Kier alpha value is -1.53. The molecular formula is C14H18N4OS. The molecular weight excluding hydrogens is 272 g/mol. The predicted octanol–water partition coefficient (Wildman–Crippen LogP) is 2.46. The van der Waals surface area contributed by atoms with Crippen LogP contribution in [0.25, 0.3) is 10.6 Å². The topological polar surface area (TPSA) is 59.9 Å². The molecule has 2 aromatic heterocycles. The van der Waals surface area contributed by atoms with Crippen molar-refractivity contribution in [3.05, 3.63) is 23.0 Å². The van der Waals surface area contributed by atoms with E-state index in [0.717, 1.165) is 40.8 Å². The molecule has 0 amide bonds. The van der Waals surface area contributed by atoms with Gasteiger partial charge in [-0.3, -0.25) is 4.98 Å². The number of pyridine rings is 1. The molecule has 0 aliphatic heterocycles. The highest BCUT2D eigenvalue weighted by Gasteiger charge is 2.17. The number of anilines is 1. The van der Waals surface area contributed by atoms with Crippen molar-refractivity contribution in [1.29, 1.82) is 0 Å². The fraction of sp³-hybridized carbons (Fsp3) is 0.500. The summed E-state index contributed by atoms with van der Waals surface area (Å²) < 4.78 is 5.01. The Morgan fingerprint density at radius 2 is 2.25 bits per heavy atom. The third kappa shape index (κ3) is 2.66. The first-order valence-corrected chi connectivity index (χ1v) is 7.65. The van der Waals surface area contributed by atoms with E-state index >= 15 is 0 Å². The van der Waals surface area contributed by atoms with Gasteiger partial charge in [-0.15, -0.1) is 10.2 Å². The molecule has 0 radical (unpaired) electrons. The monoisotopic (exact) mass is 290 g/mol. The van der Waals surface area contributed by atoms with E-state index in [9.17, 15) is 0 Å². The molecule has 0 atom stereocenters. The Balaban J connectivity index is 1.82. The number of hydrogen-bond acceptors (Lipinski definition) is 6. The highest BCUT2D eigenvalue weighted by molar-refractivity contribution is 7.18. The number of hydrogen-bond donors (Lipinski definition) is 1. The second kappa shape index (κ2) is 5.85. The number of aryl methyl sites for hydroxylation is 3. The zero-order valence-corrected chi connectivity index (χ0v) is 12.6. The number of fused-ring (bicyclic) bond motifs is 1. The summed E-state index contributed by atoms with van der Waals surface area (Å²) in [5, 5.41) is 13.4. The second-order valence-electron chi connectivity index (χ2n) is 4.91. The van der Waals surface area contributed by atoms with Crippen LogP contribution in [0.1, 0.15) is 23.4 Å². The zero-order chi connectivity index (χ0) is 13.9. The molecule has 2 aromatic rings. The van der Waals surface area contributed by atoms with Crippen molar-refractivity contribution in [1.82, 2.24) is 15.2 Å². The summed E-state index contributed by atoms with van der Waals surface area (Å²) in [5.41, 5.74) is 4.79. The molecule has 0 unspecified atom stereocenters. The first-order valence-electron chi connectivity index (χ1n) is 6.84. The average molecular weight is 290 g/mol. The predicted molar refractivity (Wildman–Crippen MR) is 80.3 cm³/mol. The van der Waals surface area contributed by atoms with Gasteiger partial charge in [-0.05, 0) is 37.8 Å². The van der Waals surface area contributed by atoms with Crippen LogP contribution in [-0.4, -0.2) is 35.4 Å². The first kappa shape index (κ1) is 13.5. The second-order valence-corrected chi connectivity index (χ2v) is 5.89. The molecule has 2 heterocycles. The van der Waals surface area contributed by atoms with E-state index in [1.807, 2.05) is 6.92 Å². The number of aromatic nitrogens is 3. The van der Waals surface area contributed by atoms with Crippen LogP contribution >= 0.6 is 11.3 Å². The van der Waals surface area contributed by atoms with Crippen molar-refractivity contribution in [2.24, 2.45) is 0 Å². The Morgan fingerprint density at radius 1 is 1.35 bits per heavy atom. The quantitative estimate of drug-likeness (QED) is 0.857. The zero-order valence-electron chi connectivity index (χ0n) is 11.8. The third-order valence-corrected chi connectivity index (χ3v) is 4.39. The third-order valence-electron chi connectivity index (χ3n) is 3.48. The molecule has 0 aromatic carbocycles. The standard InChI is InChI=1S/C14H18N4OS/c1-9-11(8-10-4-3-5-12(10)16-9)13-17-18-14(20-13)15-6-7-19-2/h8H,3-7H2,1-2H3,(H,15,18). The first-order chi connectivity index (χ1) is 9.78. The summed E-state index contributed by atoms with van der Waals surface area (Å²) >= 11 is 1.57. The Labute approximate surface area is 122 Å². The largest absolute Gasteiger partial charge is 0.383 e. The minimum atomic E-state index is 0.661. The average Bonchev–Trinajstić information content (AvgIpc) is 3.06. The molecule has 106 valence electrons. The Bertz CT molecular complexity index is 611. The summed E-state index contributed by atoms with van der Waals surface area (Å²) in [6, 6.07) is 2.24. The van der Waals surface area contributed by atoms with Gasteiger partial charge >= 0.3 is 0 Å². The van der Waals surface area contributed by atoms with E-state index in [4.69, 9.17) is 9.72 Å². The van der Waals surface area contributed by atoms with Crippen LogP contribution in [0.2, 0.25) is 0 Å². The van der Waals surface area contributed by atoms with Gasteiger partial charge in [0.1, 0.15) is 0 Å². The number of rotatable bonds is 5. The minimum absolute atomic E-state index is 0.661. The lowest BCUT2D eigenvalue weighted by Crippen LogP contribution is -2.06. The van der Waals surface area contributed by atoms with Crippen molar-refractivity contribution in [3.8, 4) is 10.6 Å². The van der Waals surface area contributed by atoms with Crippen molar-refractivity contribution in [2.45, 2.75) is 26.2 Å². The van der Waals surface area contributed by atoms with Gasteiger partial charge < -0.3 is 10.1 Å². The molecule has 0 fully saturated rings. The lowest BCUT2D eigenvalue weighted by atomic mass is 10.1. The number of nitrogens with zero attached hydrogens (tertiary/aromatic N) is 3. The highest BCUT2D eigenvalue weighted by atomic mass is 32.1. The van der Waals surface area contributed by atoms with Gasteiger partial charge in [0.05, 0.1) is 6.61 Å². The maximum absolute atomic E-state index is 5.01. The Morgan fingerprint density at radius 3 is 3.10 bits per heavy atom. The summed E-state index contributed by atoms with van der Waals surface area (Å²) in [5.74, 6) is 0. The lowest BCUT2D eigenvalue weighted by molar-refractivity contribution is 0.211. The van der Waals surface area contributed by atoms with Crippen molar-refractivity contribution in [3.63, 3.8) is 0 Å². The lowest BCUT2D eigenvalue weighted by Gasteiger charge is -2.05. The molecule has 0 bridgehead atoms. The molecule has 0 spiro atoms. The summed E-state index contributed by atoms with van der Waals surface area (Å²) in [4.78, 5) is 4.71.